The highest BCUT2D eigenvalue weighted by atomic mass is 16.5. The smallest absolute Gasteiger partial charge is 0.290 e. The normalized spacial score (nSPS) is 21.8. The SMILES string of the molecule is NCCCOC1CCN(C(=O)C2CCCCN2C(=O)c2ccco2)CC1. The highest BCUT2D eigenvalue weighted by Gasteiger charge is 2.37. The molecule has 2 aliphatic rings. The van der Waals surface area contributed by atoms with Crippen LogP contribution in [0, 0.1) is 0 Å². The zero-order chi connectivity index (χ0) is 18.4. The van der Waals surface area contributed by atoms with Gasteiger partial charge in [0.1, 0.15) is 6.04 Å². The number of nitrogens with zero attached hydrogens (tertiary/aromatic N) is 2. The molecule has 0 radical (unpaired) electrons. The van der Waals surface area contributed by atoms with Crippen molar-refractivity contribution in [2.45, 2.75) is 50.7 Å². The summed E-state index contributed by atoms with van der Waals surface area (Å²) in [5, 5.41) is 0. The average Bonchev–Trinajstić information content (AvgIpc) is 3.22. The van der Waals surface area contributed by atoms with Gasteiger partial charge in [0.05, 0.1) is 12.4 Å². The van der Waals surface area contributed by atoms with E-state index in [4.69, 9.17) is 14.9 Å². The molecule has 7 heteroatoms. The van der Waals surface area contributed by atoms with Crippen LogP contribution in [0.5, 0.6) is 0 Å². The third-order valence-corrected chi connectivity index (χ3v) is 5.24. The van der Waals surface area contributed by atoms with E-state index in [1.165, 1.54) is 6.26 Å². The van der Waals surface area contributed by atoms with Crippen molar-refractivity contribution in [3.05, 3.63) is 24.2 Å². The van der Waals surface area contributed by atoms with Gasteiger partial charge in [-0.1, -0.05) is 0 Å². The van der Waals surface area contributed by atoms with Gasteiger partial charge in [0.25, 0.3) is 5.91 Å². The van der Waals surface area contributed by atoms with Crippen LogP contribution in [-0.2, 0) is 9.53 Å². The Kier molecular flexibility index (Phi) is 6.68. The molecule has 0 spiro atoms. The molecule has 1 unspecified atom stereocenters. The van der Waals surface area contributed by atoms with Crippen LogP contribution in [0.3, 0.4) is 0 Å². The molecule has 26 heavy (non-hydrogen) atoms. The van der Waals surface area contributed by atoms with Gasteiger partial charge in [-0.2, -0.15) is 0 Å². The maximum absolute atomic E-state index is 13.0. The summed E-state index contributed by atoms with van der Waals surface area (Å²) in [6.07, 6.45) is 6.86. The summed E-state index contributed by atoms with van der Waals surface area (Å²) < 4.78 is 11.1. The van der Waals surface area contributed by atoms with Gasteiger partial charge in [0, 0.05) is 26.2 Å². The largest absolute Gasteiger partial charge is 0.459 e. The van der Waals surface area contributed by atoms with Crippen LogP contribution in [0.2, 0.25) is 0 Å². The van der Waals surface area contributed by atoms with Crippen molar-refractivity contribution in [3.8, 4) is 0 Å². The molecule has 2 amide bonds. The van der Waals surface area contributed by atoms with Gasteiger partial charge in [-0.15, -0.1) is 0 Å². The van der Waals surface area contributed by atoms with Crippen molar-refractivity contribution < 1.29 is 18.7 Å². The van der Waals surface area contributed by atoms with Crippen LogP contribution >= 0.6 is 0 Å². The molecule has 1 aromatic heterocycles. The lowest BCUT2D eigenvalue weighted by Crippen LogP contribution is -2.54. The van der Waals surface area contributed by atoms with Crippen LogP contribution in [0.15, 0.2) is 22.8 Å². The van der Waals surface area contributed by atoms with Crippen molar-refractivity contribution in [1.82, 2.24) is 9.80 Å². The van der Waals surface area contributed by atoms with E-state index >= 15 is 0 Å². The van der Waals surface area contributed by atoms with Gasteiger partial charge in [0.15, 0.2) is 5.76 Å². The van der Waals surface area contributed by atoms with Gasteiger partial charge in [0.2, 0.25) is 5.91 Å². The standard InChI is InChI=1S/C19H29N3O4/c20-9-4-14-25-15-7-11-21(12-8-15)18(23)16-5-1-2-10-22(16)19(24)17-6-3-13-26-17/h3,6,13,15-16H,1-2,4-5,7-12,14,20H2. The monoisotopic (exact) mass is 363 g/mol. The lowest BCUT2D eigenvalue weighted by Gasteiger charge is -2.39. The molecule has 3 rings (SSSR count). The predicted octanol–water partition coefficient (Wildman–Crippen LogP) is 1.63. The first-order valence-electron chi connectivity index (χ1n) is 9.65. The highest BCUT2D eigenvalue weighted by Crippen LogP contribution is 2.24. The minimum Gasteiger partial charge on any atom is -0.459 e. The summed E-state index contributed by atoms with van der Waals surface area (Å²) in [5.74, 6) is 0.176. The van der Waals surface area contributed by atoms with E-state index in [0.29, 0.717) is 38.5 Å². The number of likely N-dealkylation sites (tertiary alicyclic amines) is 2. The Hall–Kier alpha value is -1.86. The number of hydrogen-bond donors (Lipinski definition) is 1. The molecule has 7 nitrogen and oxygen atoms in total. The molecule has 2 fully saturated rings. The second-order valence-electron chi connectivity index (χ2n) is 7.03. The van der Waals surface area contributed by atoms with Crippen LogP contribution in [-0.4, -0.2) is 66.5 Å². The number of hydrogen-bond acceptors (Lipinski definition) is 5. The van der Waals surface area contributed by atoms with Gasteiger partial charge in [-0.25, -0.2) is 0 Å². The molecular formula is C19H29N3O4. The second-order valence-corrected chi connectivity index (χ2v) is 7.03. The Morgan fingerprint density at radius 3 is 2.69 bits per heavy atom. The third kappa shape index (κ3) is 4.45. The average molecular weight is 363 g/mol. The maximum atomic E-state index is 13.0. The zero-order valence-corrected chi connectivity index (χ0v) is 15.3. The molecule has 0 aromatic carbocycles. The Bertz CT molecular complexity index is 582. The zero-order valence-electron chi connectivity index (χ0n) is 15.3. The number of carbonyl (C=O) groups excluding carboxylic acids is 2. The number of nitrogens with two attached hydrogens (primary N) is 1. The van der Waals surface area contributed by atoms with E-state index in [0.717, 1.165) is 38.5 Å². The topological polar surface area (TPSA) is 89.0 Å². The number of rotatable bonds is 6. The fourth-order valence-electron chi connectivity index (χ4n) is 3.76. The van der Waals surface area contributed by atoms with E-state index in [9.17, 15) is 9.59 Å². The summed E-state index contributed by atoms with van der Waals surface area (Å²) in [6, 6.07) is 2.97. The fourth-order valence-corrected chi connectivity index (χ4v) is 3.76. The molecule has 3 heterocycles. The summed E-state index contributed by atoms with van der Waals surface area (Å²) in [5.41, 5.74) is 5.49. The number of carbonyl (C=O) groups is 2. The molecule has 2 aliphatic heterocycles. The molecule has 0 saturated carbocycles. The number of piperidine rings is 2. The van der Waals surface area contributed by atoms with Crippen molar-refractivity contribution in [2.75, 3.05) is 32.8 Å². The number of ether oxygens (including phenoxy) is 1. The Morgan fingerprint density at radius 2 is 2.00 bits per heavy atom. The molecule has 144 valence electrons. The van der Waals surface area contributed by atoms with Crippen molar-refractivity contribution >= 4 is 11.8 Å². The molecule has 0 aliphatic carbocycles. The minimum absolute atomic E-state index is 0.0602. The van der Waals surface area contributed by atoms with Crippen LogP contribution in [0.1, 0.15) is 49.1 Å². The summed E-state index contributed by atoms with van der Waals surface area (Å²) in [7, 11) is 0. The molecule has 1 atom stereocenters. The second kappa shape index (κ2) is 9.19. The summed E-state index contributed by atoms with van der Waals surface area (Å²) >= 11 is 0. The first-order valence-corrected chi connectivity index (χ1v) is 9.65. The predicted molar refractivity (Wildman–Crippen MR) is 96.6 cm³/mol. The Morgan fingerprint density at radius 1 is 1.19 bits per heavy atom. The van der Waals surface area contributed by atoms with E-state index in [2.05, 4.69) is 0 Å². The van der Waals surface area contributed by atoms with Gasteiger partial charge < -0.3 is 24.7 Å². The van der Waals surface area contributed by atoms with Crippen LogP contribution in [0.4, 0.5) is 0 Å². The van der Waals surface area contributed by atoms with Gasteiger partial charge in [-0.3, -0.25) is 9.59 Å². The van der Waals surface area contributed by atoms with E-state index < -0.39 is 0 Å². The molecule has 2 N–H and O–H groups in total. The van der Waals surface area contributed by atoms with Crippen molar-refractivity contribution in [2.24, 2.45) is 5.73 Å². The maximum Gasteiger partial charge on any atom is 0.290 e. The quantitative estimate of drug-likeness (QED) is 0.776. The summed E-state index contributed by atoms with van der Waals surface area (Å²) in [6.45, 7) is 3.30. The Balaban J connectivity index is 1.56. The lowest BCUT2D eigenvalue weighted by molar-refractivity contribution is -0.139. The van der Waals surface area contributed by atoms with Crippen molar-refractivity contribution in [1.29, 1.82) is 0 Å². The lowest BCUT2D eigenvalue weighted by atomic mass is 9.98. The molecular weight excluding hydrogens is 334 g/mol. The third-order valence-electron chi connectivity index (χ3n) is 5.24. The molecule has 2 saturated heterocycles. The van der Waals surface area contributed by atoms with Gasteiger partial charge in [-0.05, 0) is 57.2 Å². The van der Waals surface area contributed by atoms with E-state index in [1.54, 1.807) is 17.0 Å². The highest BCUT2D eigenvalue weighted by molar-refractivity contribution is 5.95. The van der Waals surface area contributed by atoms with Crippen LogP contribution in [0.25, 0.3) is 0 Å². The number of amides is 2. The Labute approximate surface area is 154 Å². The first-order chi connectivity index (χ1) is 12.7. The fraction of sp³-hybridized carbons (Fsp3) is 0.684. The van der Waals surface area contributed by atoms with Crippen LogP contribution < -0.4 is 5.73 Å². The summed E-state index contributed by atoms with van der Waals surface area (Å²) in [4.78, 5) is 29.3. The first kappa shape index (κ1) is 18.9. The van der Waals surface area contributed by atoms with Gasteiger partial charge >= 0.3 is 0 Å². The number of furan rings is 1. The van der Waals surface area contributed by atoms with E-state index in [-0.39, 0.29) is 24.0 Å². The minimum atomic E-state index is -0.379. The van der Waals surface area contributed by atoms with E-state index in [1.807, 2.05) is 4.90 Å². The van der Waals surface area contributed by atoms with Crippen molar-refractivity contribution in [3.63, 3.8) is 0 Å². The molecule has 0 bridgehead atoms. The molecule has 1 aromatic rings.